The number of aromatic nitrogens is 3. The molecule has 0 radical (unpaired) electrons. The average Bonchev–Trinajstić information content (AvgIpc) is 3.10. The van der Waals surface area contributed by atoms with E-state index in [2.05, 4.69) is 57.1 Å². The van der Waals surface area contributed by atoms with E-state index in [0.29, 0.717) is 0 Å². The summed E-state index contributed by atoms with van der Waals surface area (Å²) < 4.78 is 1.31. The molecule has 0 aliphatic heterocycles. The Labute approximate surface area is 115 Å². The molecule has 2 heterocycles. The maximum Gasteiger partial charge on any atom is 0.146 e. The molecule has 1 unspecified atom stereocenters. The molecule has 4 nitrogen and oxygen atoms in total. The monoisotopic (exact) mass is 272 g/mol. The number of H-pyrrole nitrogens is 1. The predicted molar refractivity (Wildman–Crippen MR) is 78.3 cm³/mol. The first kappa shape index (κ1) is 12.3. The zero-order valence-electron chi connectivity index (χ0n) is 10.8. The number of fused-ring (bicyclic) bond motifs is 1. The van der Waals surface area contributed by atoms with E-state index < -0.39 is 0 Å². The molecule has 0 bridgehead atoms. The highest BCUT2D eigenvalue weighted by atomic mass is 32.1. The lowest BCUT2D eigenvalue weighted by Gasteiger charge is -2.17. The van der Waals surface area contributed by atoms with Gasteiger partial charge in [-0.1, -0.05) is 25.1 Å². The van der Waals surface area contributed by atoms with Gasteiger partial charge in [0.15, 0.2) is 0 Å². The van der Waals surface area contributed by atoms with Crippen molar-refractivity contribution in [2.45, 2.75) is 19.4 Å². The molecular weight excluding hydrogens is 256 g/mol. The fourth-order valence-electron chi connectivity index (χ4n) is 2.24. The molecule has 0 fully saturated rings. The summed E-state index contributed by atoms with van der Waals surface area (Å²) in [4.78, 5) is 4.31. The predicted octanol–water partition coefficient (Wildman–Crippen LogP) is 3.11. The van der Waals surface area contributed by atoms with Crippen LogP contribution in [0.25, 0.3) is 10.1 Å². The summed E-state index contributed by atoms with van der Waals surface area (Å²) in [5, 5.41) is 13.9. The highest BCUT2D eigenvalue weighted by Gasteiger charge is 2.18. The van der Waals surface area contributed by atoms with E-state index in [4.69, 9.17) is 0 Å². The Kier molecular flexibility index (Phi) is 3.57. The molecule has 0 amide bonds. The zero-order chi connectivity index (χ0) is 13.1. The first-order chi connectivity index (χ1) is 9.40. The highest BCUT2D eigenvalue weighted by molar-refractivity contribution is 7.17. The molecule has 3 rings (SSSR count). The molecule has 0 aliphatic rings. The largest absolute Gasteiger partial charge is 0.304 e. The summed E-state index contributed by atoms with van der Waals surface area (Å²) in [7, 11) is 0. The van der Waals surface area contributed by atoms with E-state index in [0.717, 1.165) is 18.8 Å². The SMILES string of the molecule is CCCNC(c1ncn[nH]1)c1cccc2ccsc12. The Hall–Kier alpha value is -1.72. The van der Waals surface area contributed by atoms with Crippen LogP contribution in [0.15, 0.2) is 36.0 Å². The Morgan fingerprint density at radius 1 is 1.37 bits per heavy atom. The van der Waals surface area contributed by atoms with Gasteiger partial charge in [0.05, 0.1) is 6.04 Å². The summed E-state index contributed by atoms with van der Waals surface area (Å²) in [6.07, 6.45) is 2.65. The van der Waals surface area contributed by atoms with Gasteiger partial charge in [0.25, 0.3) is 0 Å². The standard InChI is InChI=1S/C14H16N4S/c1-2-7-15-12(14-16-9-17-18-14)11-5-3-4-10-6-8-19-13(10)11/h3-6,8-9,12,15H,2,7H2,1H3,(H,16,17,18). The number of thiophene rings is 1. The van der Waals surface area contributed by atoms with Gasteiger partial charge >= 0.3 is 0 Å². The summed E-state index contributed by atoms with van der Waals surface area (Å²) in [6.45, 7) is 3.11. The van der Waals surface area contributed by atoms with Crippen LogP contribution < -0.4 is 5.32 Å². The zero-order valence-corrected chi connectivity index (χ0v) is 11.6. The quantitative estimate of drug-likeness (QED) is 0.750. The maximum absolute atomic E-state index is 4.31. The summed E-state index contributed by atoms with van der Waals surface area (Å²) >= 11 is 1.77. The van der Waals surface area contributed by atoms with Gasteiger partial charge in [0, 0.05) is 4.70 Å². The van der Waals surface area contributed by atoms with Crippen molar-refractivity contribution in [3.63, 3.8) is 0 Å². The number of rotatable bonds is 5. The Morgan fingerprint density at radius 2 is 2.32 bits per heavy atom. The summed E-state index contributed by atoms with van der Waals surface area (Å²) in [6, 6.07) is 8.63. The molecule has 0 aliphatic carbocycles. The smallest absolute Gasteiger partial charge is 0.146 e. The minimum atomic E-state index is 0.0739. The van der Waals surface area contributed by atoms with Crippen molar-refractivity contribution < 1.29 is 0 Å². The van der Waals surface area contributed by atoms with Crippen LogP contribution in [0.3, 0.4) is 0 Å². The van der Waals surface area contributed by atoms with Crippen LogP contribution in [0.2, 0.25) is 0 Å². The van der Waals surface area contributed by atoms with Crippen LogP contribution >= 0.6 is 11.3 Å². The lowest BCUT2D eigenvalue weighted by molar-refractivity contribution is 0.577. The van der Waals surface area contributed by atoms with Gasteiger partial charge in [-0.3, -0.25) is 5.10 Å². The maximum atomic E-state index is 4.31. The fourth-order valence-corrected chi connectivity index (χ4v) is 3.18. The number of aromatic amines is 1. The van der Waals surface area contributed by atoms with Crippen molar-refractivity contribution in [1.29, 1.82) is 0 Å². The second-order valence-electron chi connectivity index (χ2n) is 4.44. The first-order valence-electron chi connectivity index (χ1n) is 6.45. The van der Waals surface area contributed by atoms with Gasteiger partial charge in [-0.2, -0.15) is 5.10 Å². The van der Waals surface area contributed by atoms with E-state index in [1.165, 1.54) is 15.6 Å². The van der Waals surface area contributed by atoms with E-state index >= 15 is 0 Å². The van der Waals surface area contributed by atoms with Gasteiger partial charge in [-0.25, -0.2) is 4.98 Å². The lowest BCUT2D eigenvalue weighted by Crippen LogP contribution is -2.24. The van der Waals surface area contributed by atoms with Gasteiger partial charge in [-0.05, 0) is 35.4 Å². The van der Waals surface area contributed by atoms with Gasteiger partial charge in [-0.15, -0.1) is 11.3 Å². The average molecular weight is 272 g/mol. The van der Waals surface area contributed by atoms with Crippen molar-refractivity contribution in [3.05, 3.63) is 47.4 Å². The molecule has 19 heavy (non-hydrogen) atoms. The van der Waals surface area contributed by atoms with Crippen LogP contribution in [0.5, 0.6) is 0 Å². The summed E-state index contributed by atoms with van der Waals surface area (Å²) in [5.41, 5.74) is 1.26. The highest BCUT2D eigenvalue weighted by Crippen LogP contribution is 2.31. The third-order valence-electron chi connectivity index (χ3n) is 3.13. The van der Waals surface area contributed by atoms with Crippen LogP contribution in [0.1, 0.15) is 30.8 Å². The third kappa shape index (κ3) is 2.39. The van der Waals surface area contributed by atoms with Crippen molar-refractivity contribution in [3.8, 4) is 0 Å². The van der Waals surface area contributed by atoms with Crippen LogP contribution in [0.4, 0.5) is 0 Å². The number of hydrogen-bond donors (Lipinski definition) is 2. The lowest BCUT2D eigenvalue weighted by atomic mass is 10.0. The molecule has 2 aromatic heterocycles. The molecule has 3 aromatic rings. The molecule has 1 atom stereocenters. The van der Waals surface area contributed by atoms with E-state index in [-0.39, 0.29) is 6.04 Å². The topological polar surface area (TPSA) is 53.6 Å². The summed E-state index contributed by atoms with van der Waals surface area (Å²) in [5.74, 6) is 0.870. The van der Waals surface area contributed by atoms with Crippen LogP contribution in [0, 0.1) is 0 Å². The second-order valence-corrected chi connectivity index (χ2v) is 5.36. The Bertz CT molecular complexity index is 644. The van der Waals surface area contributed by atoms with E-state index in [9.17, 15) is 0 Å². The number of benzene rings is 1. The number of nitrogens with zero attached hydrogens (tertiary/aromatic N) is 2. The van der Waals surface area contributed by atoms with Gasteiger partial charge in [0.1, 0.15) is 12.2 Å². The molecule has 0 saturated carbocycles. The first-order valence-corrected chi connectivity index (χ1v) is 7.33. The molecule has 2 N–H and O–H groups in total. The normalized spacial score (nSPS) is 12.9. The molecular formula is C14H16N4S. The van der Waals surface area contributed by atoms with E-state index in [1.807, 2.05) is 0 Å². The van der Waals surface area contributed by atoms with Crippen LogP contribution in [-0.2, 0) is 0 Å². The Balaban J connectivity index is 2.06. The van der Waals surface area contributed by atoms with Gasteiger partial charge < -0.3 is 5.32 Å². The number of hydrogen-bond acceptors (Lipinski definition) is 4. The fraction of sp³-hybridized carbons (Fsp3) is 0.286. The molecule has 5 heteroatoms. The van der Waals surface area contributed by atoms with Crippen LogP contribution in [-0.4, -0.2) is 21.7 Å². The second kappa shape index (κ2) is 5.50. The molecule has 98 valence electrons. The molecule has 0 saturated heterocycles. The van der Waals surface area contributed by atoms with Crippen molar-refractivity contribution >= 4 is 21.4 Å². The van der Waals surface area contributed by atoms with E-state index in [1.54, 1.807) is 17.7 Å². The van der Waals surface area contributed by atoms with Crippen molar-refractivity contribution in [2.24, 2.45) is 0 Å². The van der Waals surface area contributed by atoms with Crippen molar-refractivity contribution in [1.82, 2.24) is 20.5 Å². The number of nitrogens with one attached hydrogen (secondary N) is 2. The molecule has 0 spiro atoms. The minimum Gasteiger partial charge on any atom is -0.304 e. The minimum absolute atomic E-state index is 0.0739. The third-order valence-corrected chi connectivity index (χ3v) is 4.11. The van der Waals surface area contributed by atoms with Crippen molar-refractivity contribution in [2.75, 3.05) is 6.54 Å². The van der Waals surface area contributed by atoms with Gasteiger partial charge in [0.2, 0.25) is 0 Å². The Morgan fingerprint density at radius 3 is 3.11 bits per heavy atom. The molecule has 1 aromatic carbocycles.